The molecular weight excluding hydrogens is 555 g/mol. The highest BCUT2D eigenvalue weighted by atomic mass is 32.2. The number of Topliss-reactive ketones (excluding diaryl/α,β-unsaturated/α-hetero) is 1. The van der Waals surface area contributed by atoms with Crippen LogP contribution in [0.25, 0.3) is 0 Å². The Morgan fingerprint density at radius 2 is 1.74 bits per heavy atom. The maximum Gasteiger partial charge on any atom is 0.265 e. The topological polar surface area (TPSA) is 118 Å². The van der Waals surface area contributed by atoms with Gasteiger partial charge in [0.1, 0.15) is 6.17 Å². The van der Waals surface area contributed by atoms with Gasteiger partial charge in [-0.2, -0.15) is 0 Å². The molecule has 3 rings (SSSR count). The number of carbonyl (C=O) groups is 3. The Bertz CT molecular complexity index is 1340. The zero-order valence-corrected chi connectivity index (χ0v) is 25.5. The van der Waals surface area contributed by atoms with Gasteiger partial charge in [-0.1, -0.05) is 74.1 Å². The second-order valence-corrected chi connectivity index (χ2v) is 14.5. The molecule has 0 fully saturated rings. The lowest BCUT2D eigenvalue weighted by Crippen LogP contribution is -2.55. The van der Waals surface area contributed by atoms with E-state index < -0.39 is 36.8 Å². The van der Waals surface area contributed by atoms with Gasteiger partial charge < -0.3 is 10.6 Å². The summed E-state index contributed by atoms with van der Waals surface area (Å²) in [5.41, 5.74) is 7.29. The van der Waals surface area contributed by atoms with Gasteiger partial charge in [0.25, 0.3) is 10.0 Å². The van der Waals surface area contributed by atoms with Crippen molar-refractivity contribution >= 4 is 56.2 Å². The smallest absolute Gasteiger partial charge is 0.265 e. The molecule has 0 bridgehead atoms. The number of rotatable bonds is 11. The molecular formula is C28H37N3O5S3. The molecule has 0 aliphatic carbocycles. The first-order valence-corrected chi connectivity index (χ1v) is 15.5. The average molecular weight is 592 g/mol. The van der Waals surface area contributed by atoms with Gasteiger partial charge in [0.15, 0.2) is 5.78 Å². The Labute approximate surface area is 241 Å². The third-order valence-corrected chi connectivity index (χ3v) is 10.6. The lowest BCUT2D eigenvalue weighted by Gasteiger charge is -2.43. The van der Waals surface area contributed by atoms with Crippen molar-refractivity contribution < 1.29 is 22.8 Å². The first-order valence-electron chi connectivity index (χ1n) is 12.8. The van der Waals surface area contributed by atoms with E-state index >= 15 is 0 Å². The number of thiol groups is 1. The summed E-state index contributed by atoms with van der Waals surface area (Å²) in [5.74, 6) is -0.455. The number of benzene rings is 2. The summed E-state index contributed by atoms with van der Waals surface area (Å²) in [4.78, 5) is 39.1. The maximum atomic E-state index is 13.9. The first kappa shape index (κ1) is 31.2. The summed E-state index contributed by atoms with van der Waals surface area (Å²) in [7, 11) is -2.46. The molecule has 0 saturated carbocycles. The summed E-state index contributed by atoms with van der Waals surface area (Å²) in [5, 5.41) is 0. The molecule has 0 spiro atoms. The molecule has 2 unspecified atom stereocenters. The molecule has 2 aromatic carbocycles. The molecule has 0 saturated heterocycles. The van der Waals surface area contributed by atoms with E-state index in [9.17, 15) is 22.8 Å². The second kappa shape index (κ2) is 12.0. The number of nitrogens with zero attached hydrogens (tertiary/aromatic N) is 2. The molecule has 1 amide bonds. The van der Waals surface area contributed by atoms with Crippen LogP contribution in [-0.2, 0) is 25.0 Å². The van der Waals surface area contributed by atoms with Crippen LogP contribution in [0, 0.1) is 0 Å². The molecule has 8 nitrogen and oxygen atoms in total. The third kappa shape index (κ3) is 6.21. The van der Waals surface area contributed by atoms with Gasteiger partial charge in [-0.05, 0) is 50.5 Å². The summed E-state index contributed by atoms with van der Waals surface area (Å²) >= 11 is 4.95. The SMILES string of the molecule is CCCC1(CC(C)(CC(=O)[C@H](C)N(C)C(C)=O)SC(=O)S)c2ccccc2N(S(=O)(=O)c2ccccc2)[C@H]1N. The number of hydrogen-bond donors (Lipinski definition) is 2. The summed E-state index contributed by atoms with van der Waals surface area (Å²) in [6.45, 7) is 6.85. The number of fused-ring (bicyclic) bond motifs is 1. The van der Waals surface area contributed by atoms with Crippen LogP contribution in [0.4, 0.5) is 10.5 Å². The van der Waals surface area contributed by atoms with E-state index in [-0.39, 0.29) is 29.4 Å². The number of likely N-dealkylation sites (N-methyl/N-ethyl adjacent to an activating group) is 1. The van der Waals surface area contributed by atoms with Crippen LogP contribution >= 0.6 is 24.4 Å². The molecule has 212 valence electrons. The number of hydrogen-bond acceptors (Lipinski definition) is 7. The normalized spacial score (nSPS) is 21.1. The summed E-state index contributed by atoms with van der Waals surface area (Å²) < 4.78 is 27.7. The number of ketones is 1. The number of nitrogens with two attached hydrogens (primary N) is 1. The molecule has 11 heteroatoms. The largest absolute Gasteiger partial charge is 0.336 e. The minimum absolute atomic E-state index is 0.0332. The fraction of sp³-hybridized carbons (Fsp3) is 0.464. The van der Waals surface area contributed by atoms with Crippen molar-refractivity contribution in [1.82, 2.24) is 4.90 Å². The molecule has 0 aromatic heterocycles. The van der Waals surface area contributed by atoms with Crippen molar-refractivity contribution in [3.05, 3.63) is 60.2 Å². The lowest BCUT2D eigenvalue weighted by atomic mass is 9.69. The van der Waals surface area contributed by atoms with Crippen molar-refractivity contribution in [2.75, 3.05) is 11.4 Å². The Balaban J connectivity index is 2.13. The minimum Gasteiger partial charge on any atom is -0.336 e. The van der Waals surface area contributed by atoms with Gasteiger partial charge in [-0.15, -0.1) is 0 Å². The van der Waals surface area contributed by atoms with Crippen molar-refractivity contribution in [1.29, 1.82) is 0 Å². The molecule has 2 aromatic rings. The Morgan fingerprint density at radius 1 is 1.15 bits per heavy atom. The minimum atomic E-state index is -4.02. The van der Waals surface area contributed by atoms with E-state index in [0.717, 1.165) is 17.3 Å². The number of thioether (sulfide) groups is 1. The van der Waals surface area contributed by atoms with Gasteiger partial charge >= 0.3 is 0 Å². The lowest BCUT2D eigenvalue weighted by molar-refractivity contribution is -0.136. The average Bonchev–Trinajstić information content (AvgIpc) is 3.10. The van der Waals surface area contributed by atoms with E-state index in [1.54, 1.807) is 44.3 Å². The van der Waals surface area contributed by atoms with Crippen LogP contribution in [0.5, 0.6) is 0 Å². The van der Waals surface area contributed by atoms with Crippen LogP contribution in [0.15, 0.2) is 59.5 Å². The molecule has 39 heavy (non-hydrogen) atoms. The van der Waals surface area contributed by atoms with Crippen LogP contribution < -0.4 is 10.0 Å². The molecule has 1 aliphatic heterocycles. The van der Waals surface area contributed by atoms with E-state index in [1.165, 1.54) is 28.3 Å². The summed E-state index contributed by atoms with van der Waals surface area (Å²) in [6.07, 6.45) is 0.442. The van der Waals surface area contributed by atoms with Gasteiger partial charge in [0, 0.05) is 30.6 Å². The standard InChI is InChI=1S/C28H37N3O5S3/c1-6-16-28(18-27(4,38-26(34)37)17-24(33)19(2)30(5)20(3)32)22-14-10-11-15-23(22)31(25(28)29)39(35,36)21-12-8-7-9-13-21/h7-15,19,25H,6,16-18,29H2,1-5H3,(H,34,37)/t19-,25+,27?,28?/m0/s1. The maximum absolute atomic E-state index is 13.9. The highest BCUT2D eigenvalue weighted by Crippen LogP contribution is 2.55. The van der Waals surface area contributed by atoms with Crippen molar-refractivity contribution in [2.24, 2.45) is 5.73 Å². The Kier molecular flexibility index (Phi) is 9.63. The first-order chi connectivity index (χ1) is 18.2. The predicted molar refractivity (Wildman–Crippen MR) is 160 cm³/mol. The molecule has 2 N–H and O–H groups in total. The third-order valence-electron chi connectivity index (χ3n) is 7.61. The van der Waals surface area contributed by atoms with Crippen LogP contribution in [0.3, 0.4) is 0 Å². The molecule has 1 aliphatic rings. The van der Waals surface area contributed by atoms with Gasteiger partial charge in [0.05, 0.1) is 16.6 Å². The van der Waals surface area contributed by atoms with E-state index in [4.69, 9.17) is 5.73 Å². The second-order valence-electron chi connectivity index (χ2n) is 10.4. The van der Waals surface area contributed by atoms with Crippen molar-refractivity contribution in [3.63, 3.8) is 0 Å². The van der Waals surface area contributed by atoms with Crippen molar-refractivity contribution in [3.8, 4) is 0 Å². The number of sulfonamides is 1. The Hall–Kier alpha value is -2.34. The van der Waals surface area contributed by atoms with Crippen LogP contribution in [-0.4, -0.2) is 53.5 Å². The van der Waals surface area contributed by atoms with Crippen LogP contribution in [0.2, 0.25) is 0 Å². The molecule has 1 heterocycles. The fourth-order valence-corrected chi connectivity index (χ4v) is 8.91. The monoisotopic (exact) mass is 591 g/mol. The number of para-hydroxylation sites is 1. The highest BCUT2D eigenvalue weighted by molar-refractivity contribution is 8.32. The van der Waals surface area contributed by atoms with Gasteiger partial charge in [-0.25, -0.2) is 12.7 Å². The highest BCUT2D eigenvalue weighted by Gasteiger charge is 2.55. The fourth-order valence-electron chi connectivity index (χ4n) is 5.64. The molecule has 4 atom stereocenters. The number of anilines is 1. The van der Waals surface area contributed by atoms with E-state index in [2.05, 4.69) is 12.6 Å². The van der Waals surface area contributed by atoms with Gasteiger partial charge in [0.2, 0.25) is 10.4 Å². The quantitative estimate of drug-likeness (QED) is 0.354. The predicted octanol–water partition coefficient (Wildman–Crippen LogP) is 4.98. The zero-order chi connectivity index (χ0) is 29.2. The van der Waals surface area contributed by atoms with Gasteiger partial charge in [-0.3, -0.25) is 14.4 Å². The Morgan fingerprint density at radius 3 is 2.31 bits per heavy atom. The molecule has 0 radical (unpaired) electrons. The van der Waals surface area contributed by atoms with Crippen LogP contribution in [0.1, 0.15) is 58.9 Å². The summed E-state index contributed by atoms with van der Waals surface area (Å²) in [6, 6.07) is 14.7. The van der Waals surface area contributed by atoms with E-state index in [1.807, 2.05) is 26.0 Å². The number of amides is 1. The van der Waals surface area contributed by atoms with E-state index in [0.29, 0.717) is 18.5 Å². The number of carbonyl (C=O) groups excluding carboxylic acids is 3. The zero-order valence-electron chi connectivity index (χ0n) is 23.0. The van der Waals surface area contributed by atoms with Crippen molar-refractivity contribution in [2.45, 2.75) is 80.6 Å².